The summed E-state index contributed by atoms with van der Waals surface area (Å²) in [5.74, 6) is -1.37. The average molecular weight is 379 g/mol. The van der Waals surface area contributed by atoms with Crippen LogP contribution in [0, 0.1) is 0 Å². The summed E-state index contributed by atoms with van der Waals surface area (Å²) >= 11 is 1.03. The van der Waals surface area contributed by atoms with Gasteiger partial charge >= 0.3 is 11.9 Å². The van der Waals surface area contributed by atoms with Crippen LogP contribution in [0.1, 0.15) is 18.9 Å². The molecule has 2 N–H and O–H groups in total. The van der Waals surface area contributed by atoms with Gasteiger partial charge in [0.15, 0.2) is 11.8 Å². The quantitative estimate of drug-likeness (QED) is 0.392. The summed E-state index contributed by atoms with van der Waals surface area (Å²) in [6, 6.07) is 6.78. The van der Waals surface area contributed by atoms with E-state index in [1.165, 1.54) is 6.21 Å². The standard InChI is InChI=1S/C16H17N3O6S/c1-2-24-14(22)9-25-11-5-3-10(4-6-11)8-17-19-16-18-15(23)12(26-16)7-13(20)21/h3-6,8,12H,2,7,9H2,1H3,(H,20,21)(H,18,19,23). The molecule has 0 saturated carbocycles. The van der Waals surface area contributed by atoms with Crippen molar-refractivity contribution in [2.24, 2.45) is 10.2 Å². The third-order valence-electron chi connectivity index (χ3n) is 3.03. The Labute approximate surface area is 153 Å². The van der Waals surface area contributed by atoms with Crippen LogP contribution >= 0.6 is 11.8 Å². The van der Waals surface area contributed by atoms with Gasteiger partial charge in [0.05, 0.1) is 19.2 Å². The molecule has 26 heavy (non-hydrogen) atoms. The fraction of sp³-hybridized carbons (Fsp3) is 0.312. The number of amides is 1. The molecular weight excluding hydrogens is 362 g/mol. The van der Waals surface area contributed by atoms with E-state index < -0.39 is 23.1 Å². The fourth-order valence-corrected chi connectivity index (χ4v) is 2.80. The second-order valence-corrected chi connectivity index (χ2v) is 6.20. The molecule has 0 bridgehead atoms. The minimum absolute atomic E-state index is 0.163. The molecule has 10 heteroatoms. The minimum Gasteiger partial charge on any atom is -0.482 e. The third-order valence-corrected chi connectivity index (χ3v) is 4.11. The lowest BCUT2D eigenvalue weighted by Gasteiger charge is -2.05. The number of esters is 1. The summed E-state index contributed by atoms with van der Waals surface area (Å²) in [7, 11) is 0. The molecule has 1 unspecified atom stereocenters. The first kappa shape index (κ1) is 19.4. The molecule has 1 atom stereocenters. The molecule has 1 aromatic rings. The number of carboxylic acids is 1. The van der Waals surface area contributed by atoms with E-state index in [9.17, 15) is 14.4 Å². The van der Waals surface area contributed by atoms with Gasteiger partial charge in [-0.1, -0.05) is 11.8 Å². The second-order valence-electron chi connectivity index (χ2n) is 5.01. The Morgan fingerprint density at radius 3 is 2.73 bits per heavy atom. The number of carbonyl (C=O) groups excluding carboxylic acids is 2. The van der Waals surface area contributed by atoms with E-state index in [0.29, 0.717) is 12.4 Å². The summed E-state index contributed by atoms with van der Waals surface area (Å²) in [5, 5.41) is 18.5. The largest absolute Gasteiger partial charge is 0.482 e. The van der Waals surface area contributed by atoms with Crippen LogP contribution in [0.5, 0.6) is 5.75 Å². The Hall–Kier alpha value is -2.88. The normalized spacial score (nSPS) is 18.1. The molecule has 0 aliphatic carbocycles. The number of aliphatic carboxylic acids is 1. The van der Waals surface area contributed by atoms with Crippen molar-refractivity contribution in [2.45, 2.75) is 18.6 Å². The van der Waals surface area contributed by atoms with Crippen molar-refractivity contribution in [2.75, 3.05) is 13.2 Å². The van der Waals surface area contributed by atoms with E-state index in [-0.39, 0.29) is 18.2 Å². The predicted molar refractivity (Wildman–Crippen MR) is 95.4 cm³/mol. The molecular formula is C16H17N3O6S. The van der Waals surface area contributed by atoms with Crippen molar-refractivity contribution in [3.63, 3.8) is 0 Å². The highest BCUT2D eigenvalue weighted by molar-refractivity contribution is 8.15. The van der Waals surface area contributed by atoms with Crippen LogP contribution in [0.2, 0.25) is 0 Å². The number of carbonyl (C=O) groups is 3. The number of thioether (sulfide) groups is 1. The molecule has 0 spiro atoms. The first-order chi connectivity index (χ1) is 12.5. The summed E-state index contributed by atoms with van der Waals surface area (Å²) in [5.41, 5.74) is 0.731. The van der Waals surface area contributed by atoms with Gasteiger partial charge in [-0.15, -0.1) is 5.10 Å². The van der Waals surface area contributed by atoms with Crippen LogP contribution < -0.4 is 10.1 Å². The number of ether oxygens (including phenoxy) is 2. The topological polar surface area (TPSA) is 127 Å². The zero-order valence-corrected chi connectivity index (χ0v) is 14.7. The molecule has 1 aliphatic heterocycles. The molecule has 0 aromatic heterocycles. The Bertz CT molecular complexity index is 732. The highest BCUT2D eigenvalue weighted by atomic mass is 32.2. The molecule has 1 fully saturated rings. The molecule has 1 aromatic carbocycles. The van der Waals surface area contributed by atoms with Crippen LogP contribution in [0.25, 0.3) is 0 Å². The lowest BCUT2D eigenvalue weighted by Crippen LogP contribution is -2.26. The van der Waals surface area contributed by atoms with Crippen LogP contribution in [0.15, 0.2) is 34.5 Å². The Morgan fingerprint density at radius 1 is 1.35 bits per heavy atom. The molecule has 1 saturated heterocycles. The smallest absolute Gasteiger partial charge is 0.344 e. The predicted octanol–water partition coefficient (Wildman–Crippen LogP) is 1.02. The first-order valence-corrected chi connectivity index (χ1v) is 8.54. The minimum atomic E-state index is -1.05. The lowest BCUT2D eigenvalue weighted by molar-refractivity contribution is -0.145. The summed E-state index contributed by atoms with van der Waals surface area (Å²) in [6.07, 6.45) is 1.20. The van der Waals surface area contributed by atoms with Gasteiger partial charge in [-0.05, 0) is 36.8 Å². The van der Waals surface area contributed by atoms with Crippen molar-refractivity contribution in [3.05, 3.63) is 29.8 Å². The van der Waals surface area contributed by atoms with Gasteiger partial charge in [-0.25, -0.2) is 4.79 Å². The maximum atomic E-state index is 11.6. The first-order valence-electron chi connectivity index (χ1n) is 7.66. The SMILES string of the molecule is CCOC(=O)COc1ccc(C=NN=C2NC(=O)C(CC(=O)O)S2)cc1. The van der Waals surface area contributed by atoms with Crippen molar-refractivity contribution >= 4 is 41.0 Å². The summed E-state index contributed by atoms with van der Waals surface area (Å²) in [6.45, 7) is 1.86. The van der Waals surface area contributed by atoms with Crippen LogP contribution in [-0.2, 0) is 19.1 Å². The molecule has 138 valence electrons. The van der Waals surface area contributed by atoms with Crippen LogP contribution in [-0.4, -0.2) is 52.8 Å². The van der Waals surface area contributed by atoms with Gasteiger partial charge in [0, 0.05) is 0 Å². The zero-order chi connectivity index (χ0) is 18.9. The summed E-state index contributed by atoms with van der Waals surface area (Å²) in [4.78, 5) is 33.4. The van der Waals surface area contributed by atoms with Gasteiger partial charge in [0.2, 0.25) is 5.91 Å². The van der Waals surface area contributed by atoms with E-state index in [1.54, 1.807) is 31.2 Å². The number of carboxylic acid groups (broad SMARTS) is 1. The fourth-order valence-electron chi connectivity index (χ4n) is 1.89. The molecule has 1 aliphatic rings. The molecule has 1 amide bonds. The number of rotatable bonds is 8. The van der Waals surface area contributed by atoms with Gasteiger partial charge in [0.1, 0.15) is 11.0 Å². The number of benzene rings is 1. The maximum absolute atomic E-state index is 11.6. The summed E-state index contributed by atoms with van der Waals surface area (Å²) < 4.78 is 10.0. The van der Waals surface area contributed by atoms with Gasteiger partial charge in [-0.3, -0.25) is 9.59 Å². The monoisotopic (exact) mass is 379 g/mol. The van der Waals surface area contributed by atoms with Crippen LogP contribution in [0.4, 0.5) is 0 Å². The number of nitrogens with zero attached hydrogens (tertiary/aromatic N) is 2. The maximum Gasteiger partial charge on any atom is 0.344 e. The van der Waals surface area contributed by atoms with Crippen molar-refractivity contribution in [1.82, 2.24) is 5.32 Å². The number of hydrogen-bond donors (Lipinski definition) is 2. The van der Waals surface area contributed by atoms with Crippen LogP contribution in [0.3, 0.4) is 0 Å². The van der Waals surface area contributed by atoms with Crippen molar-refractivity contribution in [3.8, 4) is 5.75 Å². The highest BCUT2D eigenvalue weighted by Gasteiger charge is 2.32. The van der Waals surface area contributed by atoms with Gasteiger partial charge in [0.25, 0.3) is 0 Å². The van der Waals surface area contributed by atoms with E-state index in [1.807, 2.05) is 0 Å². The van der Waals surface area contributed by atoms with E-state index in [4.69, 9.17) is 14.6 Å². The highest BCUT2D eigenvalue weighted by Crippen LogP contribution is 2.22. The van der Waals surface area contributed by atoms with E-state index >= 15 is 0 Å². The Balaban J connectivity index is 1.86. The molecule has 2 rings (SSSR count). The number of amidine groups is 1. The number of nitrogens with one attached hydrogen (secondary N) is 1. The molecule has 0 radical (unpaired) electrons. The Morgan fingerprint density at radius 2 is 2.08 bits per heavy atom. The van der Waals surface area contributed by atoms with E-state index in [0.717, 1.165) is 17.3 Å². The molecule has 9 nitrogen and oxygen atoms in total. The van der Waals surface area contributed by atoms with Crippen molar-refractivity contribution < 1.29 is 29.0 Å². The second kappa shape index (κ2) is 9.56. The lowest BCUT2D eigenvalue weighted by atomic mass is 10.2. The molecule has 1 heterocycles. The zero-order valence-electron chi connectivity index (χ0n) is 13.9. The number of hydrogen-bond acceptors (Lipinski definition) is 8. The Kier molecular flexibility index (Phi) is 7.15. The van der Waals surface area contributed by atoms with Crippen molar-refractivity contribution in [1.29, 1.82) is 0 Å². The average Bonchev–Trinajstić information content (AvgIpc) is 2.93. The third kappa shape index (κ3) is 6.20. The van der Waals surface area contributed by atoms with Gasteiger partial charge < -0.3 is 19.9 Å². The van der Waals surface area contributed by atoms with E-state index in [2.05, 4.69) is 15.5 Å². The van der Waals surface area contributed by atoms with Gasteiger partial charge in [-0.2, -0.15) is 5.10 Å².